The van der Waals surface area contributed by atoms with Crippen molar-refractivity contribution in [1.82, 2.24) is 10.2 Å². The molecule has 0 aliphatic carbocycles. The zero-order chi connectivity index (χ0) is 15.0. The van der Waals surface area contributed by atoms with E-state index in [1.54, 1.807) is 0 Å². The molecule has 0 fully saturated rings. The van der Waals surface area contributed by atoms with E-state index in [-0.39, 0.29) is 0 Å². The monoisotopic (exact) mass is 304 g/mol. The standard InChI is InChI=1S/C11H7F3N2O3S/c12-11(13,14)20(18,19)9-3-1-7(2-4-9)8-5-10(17)16-15-6-8/h1-6H,(H,16,17). The second-order valence-corrected chi connectivity index (χ2v) is 5.75. The van der Waals surface area contributed by atoms with E-state index >= 15 is 0 Å². The van der Waals surface area contributed by atoms with Crippen LogP contribution in [0.1, 0.15) is 0 Å². The second kappa shape index (κ2) is 4.75. The van der Waals surface area contributed by atoms with E-state index in [0.717, 1.165) is 12.1 Å². The lowest BCUT2D eigenvalue weighted by molar-refractivity contribution is -0.0436. The van der Waals surface area contributed by atoms with Gasteiger partial charge in [-0.05, 0) is 17.7 Å². The van der Waals surface area contributed by atoms with Gasteiger partial charge in [-0.1, -0.05) is 12.1 Å². The zero-order valence-electron chi connectivity index (χ0n) is 9.68. The first-order chi connectivity index (χ1) is 9.22. The van der Waals surface area contributed by atoms with Crippen LogP contribution in [0.3, 0.4) is 0 Å². The number of rotatable bonds is 2. The van der Waals surface area contributed by atoms with Gasteiger partial charge in [0.2, 0.25) is 0 Å². The third-order valence-corrected chi connectivity index (χ3v) is 3.97. The average Bonchev–Trinajstić information content (AvgIpc) is 2.37. The summed E-state index contributed by atoms with van der Waals surface area (Å²) < 4.78 is 59.4. The normalized spacial score (nSPS) is 12.3. The predicted octanol–water partition coefficient (Wildman–Crippen LogP) is 1.73. The molecule has 0 aliphatic rings. The van der Waals surface area contributed by atoms with Crippen LogP contribution in [-0.2, 0) is 9.84 Å². The minimum atomic E-state index is -5.37. The molecular weight excluding hydrogens is 297 g/mol. The van der Waals surface area contributed by atoms with Crippen LogP contribution in [0.15, 0.2) is 46.2 Å². The van der Waals surface area contributed by atoms with Crippen LogP contribution < -0.4 is 5.56 Å². The first kappa shape index (κ1) is 14.3. The molecule has 1 aromatic heterocycles. The molecule has 20 heavy (non-hydrogen) atoms. The largest absolute Gasteiger partial charge is 0.501 e. The first-order valence-electron chi connectivity index (χ1n) is 5.18. The molecule has 2 rings (SSSR count). The maximum atomic E-state index is 12.4. The van der Waals surface area contributed by atoms with Crippen LogP contribution in [0.4, 0.5) is 13.2 Å². The van der Waals surface area contributed by atoms with Gasteiger partial charge in [-0.15, -0.1) is 0 Å². The number of sulfone groups is 1. The molecule has 0 bridgehead atoms. The Labute approximate surface area is 111 Å². The highest BCUT2D eigenvalue weighted by Gasteiger charge is 2.46. The van der Waals surface area contributed by atoms with Gasteiger partial charge < -0.3 is 0 Å². The Bertz CT molecular complexity index is 780. The summed E-state index contributed by atoms with van der Waals surface area (Å²) in [5.41, 5.74) is -5.08. The van der Waals surface area contributed by atoms with Gasteiger partial charge in [-0.25, -0.2) is 13.5 Å². The van der Waals surface area contributed by atoms with E-state index in [1.807, 2.05) is 0 Å². The highest BCUT2D eigenvalue weighted by atomic mass is 32.2. The van der Waals surface area contributed by atoms with Crippen LogP contribution in [0.25, 0.3) is 11.1 Å². The number of hydrogen-bond acceptors (Lipinski definition) is 4. The van der Waals surface area contributed by atoms with Crippen LogP contribution in [0.2, 0.25) is 0 Å². The predicted molar refractivity (Wildman–Crippen MR) is 63.5 cm³/mol. The van der Waals surface area contributed by atoms with Crippen LogP contribution in [-0.4, -0.2) is 24.1 Å². The summed E-state index contributed by atoms with van der Waals surface area (Å²) in [7, 11) is -5.37. The molecule has 2 aromatic rings. The Kier molecular flexibility index (Phi) is 3.38. The maximum Gasteiger partial charge on any atom is 0.501 e. The summed E-state index contributed by atoms with van der Waals surface area (Å²) in [6, 6.07) is 5.21. The Balaban J connectivity index is 2.44. The number of aromatic nitrogens is 2. The summed E-state index contributed by atoms with van der Waals surface area (Å²) in [5, 5.41) is 5.68. The minimum absolute atomic E-state index is 0.365. The van der Waals surface area contributed by atoms with Crippen molar-refractivity contribution < 1.29 is 21.6 Å². The van der Waals surface area contributed by atoms with Gasteiger partial charge in [0.15, 0.2) is 0 Å². The van der Waals surface area contributed by atoms with Gasteiger partial charge in [0.1, 0.15) is 0 Å². The Morgan fingerprint density at radius 2 is 1.65 bits per heavy atom. The minimum Gasteiger partial charge on any atom is -0.268 e. The van der Waals surface area contributed by atoms with Crippen molar-refractivity contribution in [3.63, 3.8) is 0 Å². The number of nitrogens with one attached hydrogen (secondary N) is 1. The summed E-state index contributed by atoms with van der Waals surface area (Å²) in [6.45, 7) is 0. The number of nitrogens with zero attached hydrogens (tertiary/aromatic N) is 1. The lowest BCUT2D eigenvalue weighted by Gasteiger charge is -2.08. The molecule has 0 atom stereocenters. The number of benzene rings is 1. The lowest BCUT2D eigenvalue weighted by atomic mass is 10.1. The molecule has 0 unspecified atom stereocenters. The van der Waals surface area contributed by atoms with Crippen LogP contribution in [0.5, 0.6) is 0 Å². The summed E-state index contributed by atoms with van der Waals surface area (Å²) >= 11 is 0. The second-order valence-electron chi connectivity index (χ2n) is 3.81. The van der Waals surface area contributed by atoms with Gasteiger partial charge in [-0.3, -0.25) is 4.79 Å². The number of H-pyrrole nitrogens is 1. The van der Waals surface area contributed by atoms with Gasteiger partial charge in [-0.2, -0.15) is 18.3 Å². The topological polar surface area (TPSA) is 79.9 Å². The smallest absolute Gasteiger partial charge is 0.268 e. The molecule has 9 heteroatoms. The van der Waals surface area contributed by atoms with E-state index in [0.29, 0.717) is 11.1 Å². The molecule has 0 amide bonds. The lowest BCUT2D eigenvalue weighted by Crippen LogP contribution is -2.23. The van der Waals surface area contributed by atoms with Gasteiger partial charge in [0, 0.05) is 11.6 Å². The average molecular weight is 304 g/mol. The Morgan fingerprint density at radius 3 is 2.15 bits per heavy atom. The SMILES string of the molecule is O=c1cc(-c2ccc(S(=O)(=O)C(F)(F)F)cc2)cn[nH]1. The van der Waals surface area contributed by atoms with Gasteiger partial charge >= 0.3 is 5.51 Å². The number of aromatic amines is 1. The fraction of sp³-hybridized carbons (Fsp3) is 0.0909. The Morgan fingerprint density at radius 1 is 1.05 bits per heavy atom. The molecule has 106 valence electrons. The molecule has 1 N–H and O–H groups in total. The maximum absolute atomic E-state index is 12.4. The van der Waals surface area contributed by atoms with Crippen molar-refractivity contribution in [2.75, 3.05) is 0 Å². The summed E-state index contributed by atoms with van der Waals surface area (Å²) in [4.78, 5) is 10.2. The molecule has 0 radical (unpaired) electrons. The molecule has 1 aromatic carbocycles. The number of hydrogen-bond donors (Lipinski definition) is 1. The van der Waals surface area contributed by atoms with Crippen molar-refractivity contribution in [1.29, 1.82) is 0 Å². The fourth-order valence-corrected chi connectivity index (χ4v) is 2.26. The molecule has 0 saturated carbocycles. The van der Waals surface area contributed by atoms with Crippen molar-refractivity contribution in [3.8, 4) is 11.1 Å². The highest BCUT2D eigenvalue weighted by Crippen LogP contribution is 2.31. The number of alkyl halides is 3. The molecule has 5 nitrogen and oxygen atoms in total. The van der Waals surface area contributed by atoms with Crippen LogP contribution >= 0.6 is 0 Å². The van der Waals surface area contributed by atoms with E-state index in [4.69, 9.17) is 0 Å². The third kappa shape index (κ3) is 2.57. The molecule has 0 aliphatic heterocycles. The quantitative estimate of drug-likeness (QED) is 0.916. The van der Waals surface area contributed by atoms with Crippen molar-refractivity contribution >= 4 is 9.84 Å². The molecular formula is C11H7F3N2O3S. The molecule has 1 heterocycles. The fourth-order valence-electron chi connectivity index (χ4n) is 1.49. The van der Waals surface area contributed by atoms with E-state index in [9.17, 15) is 26.4 Å². The van der Waals surface area contributed by atoms with E-state index in [1.165, 1.54) is 24.4 Å². The van der Waals surface area contributed by atoms with E-state index in [2.05, 4.69) is 10.2 Å². The first-order valence-corrected chi connectivity index (χ1v) is 6.67. The third-order valence-electron chi connectivity index (χ3n) is 2.47. The van der Waals surface area contributed by atoms with Gasteiger partial charge in [0.25, 0.3) is 15.4 Å². The van der Waals surface area contributed by atoms with E-state index < -0.39 is 25.8 Å². The summed E-state index contributed by atoms with van der Waals surface area (Å²) in [5.74, 6) is 0. The summed E-state index contributed by atoms with van der Waals surface area (Å²) in [6.07, 6.45) is 1.30. The van der Waals surface area contributed by atoms with Crippen LogP contribution in [0, 0.1) is 0 Å². The Hall–Kier alpha value is -2.16. The van der Waals surface area contributed by atoms with Crippen molar-refractivity contribution in [2.45, 2.75) is 10.4 Å². The number of halogens is 3. The zero-order valence-corrected chi connectivity index (χ0v) is 10.5. The van der Waals surface area contributed by atoms with Crippen molar-refractivity contribution in [3.05, 3.63) is 46.9 Å². The molecule has 0 spiro atoms. The highest BCUT2D eigenvalue weighted by molar-refractivity contribution is 7.92. The molecule has 0 saturated heterocycles. The van der Waals surface area contributed by atoms with Gasteiger partial charge in [0.05, 0.1) is 11.1 Å². The van der Waals surface area contributed by atoms with Crippen molar-refractivity contribution in [2.24, 2.45) is 0 Å².